The van der Waals surface area contributed by atoms with E-state index in [9.17, 15) is 9.59 Å². The monoisotopic (exact) mass is 359 g/mol. The molecular formula is C20H25NO3S. The maximum Gasteiger partial charge on any atom is 0.220 e. The third kappa shape index (κ3) is 6.80. The van der Waals surface area contributed by atoms with Gasteiger partial charge < -0.3 is 10.1 Å². The molecule has 1 unspecified atom stereocenters. The molecule has 4 nitrogen and oxygen atoms in total. The third-order valence-electron chi connectivity index (χ3n) is 3.87. The number of carbonyl (C=O) groups excluding carboxylic acids is 2. The highest BCUT2D eigenvalue weighted by Gasteiger charge is 2.11. The summed E-state index contributed by atoms with van der Waals surface area (Å²) in [6, 6.07) is 13.8. The van der Waals surface area contributed by atoms with Gasteiger partial charge in [-0.05, 0) is 38.0 Å². The average Bonchev–Trinajstić information content (AvgIpc) is 3.06. The molecule has 0 aliphatic carbocycles. The highest BCUT2D eigenvalue weighted by molar-refractivity contribution is 7.14. The van der Waals surface area contributed by atoms with Gasteiger partial charge in [0.15, 0.2) is 5.78 Å². The summed E-state index contributed by atoms with van der Waals surface area (Å²) >= 11 is 1.47. The Morgan fingerprint density at radius 1 is 1.12 bits per heavy atom. The molecule has 134 valence electrons. The Hall–Kier alpha value is -1.98. The lowest BCUT2D eigenvalue weighted by Gasteiger charge is -2.13. The first-order valence-corrected chi connectivity index (χ1v) is 9.41. The van der Waals surface area contributed by atoms with E-state index >= 15 is 0 Å². The maximum atomic E-state index is 12.0. The van der Waals surface area contributed by atoms with E-state index in [1.165, 1.54) is 11.3 Å². The van der Waals surface area contributed by atoms with Gasteiger partial charge >= 0.3 is 0 Å². The zero-order valence-electron chi connectivity index (χ0n) is 14.8. The minimum Gasteiger partial charge on any atom is -0.374 e. The van der Waals surface area contributed by atoms with E-state index in [0.717, 1.165) is 21.7 Å². The van der Waals surface area contributed by atoms with Gasteiger partial charge in [0.2, 0.25) is 5.91 Å². The molecule has 0 radical (unpaired) electrons. The first kappa shape index (κ1) is 19.3. The van der Waals surface area contributed by atoms with Gasteiger partial charge in [0, 0.05) is 30.9 Å². The van der Waals surface area contributed by atoms with Crippen LogP contribution in [-0.4, -0.2) is 24.8 Å². The number of rotatable bonds is 10. The fourth-order valence-corrected chi connectivity index (χ4v) is 3.24. The molecule has 1 aromatic carbocycles. The number of aryl methyl sites for hydroxylation is 1. The van der Waals surface area contributed by atoms with Crippen molar-refractivity contribution in [3.8, 4) is 0 Å². The van der Waals surface area contributed by atoms with Crippen molar-refractivity contribution >= 4 is 23.0 Å². The average molecular weight is 359 g/mol. The number of hydrogen-bond acceptors (Lipinski definition) is 4. The molecule has 0 bridgehead atoms. The fourth-order valence-electron chi connectivity index (χ4n) is 2.40. The molecule has 2 aromatic rings. The molecule has 0 fully saturated rings. The van der Waals surface area contributed by atoms with Gasteiger partial charge in [-0.25, -0.2) is 0 Å². The number of benzene rings is 1. The summed E-state index contributed by atoms with van der Waals surface area (Å²) in [5.74, 6) is -0.0500. The second kappa shape index (κ2) is 10.1. The molecule has 1 atom stereocenters. The van der Waals surface area contributed by atoms with Gasteiger partial charge in [-0.2, -0.15) is 0 Å². The summed E-state index contributed by atoms with van der Waals surface area (Å²) in [6.45, 7) is 5.14. The number of nitrogens with one attached hydrogen (secondary N) is 1. The van der Waals surface area contributed by atoms with Gasteiger partial charge in [-0.3, -0.25) is 9.59 Å². The molecule has 1 amide bonds. The normalized spacial score (nSPS) is 11.9. The van der Waals surface area contributed by atoms with E-state index in [2.05, 4.69) is 5.32 Å². The summed E-state index contributed by atoms with van der Waals surface area (Å²) in [6.07, 6.45) is 1.29. The van der Waals surface area contributed by atoms with Crippen molar-refractivity contribution in [2.75, 3.05) is 13.2 Å². The van der Waals surface area contributed by atoms with Crippen molar-refractivity contribution in [1.29, 1.82) is 0 Å². The Morgan fingerprint density at radius 2 is 1.88 bits per heavy atom. The van der Waals surface area contributed by atoms with Crippen LogP contribution in [0.15, 0.2) is 42.5 Å². The van der Waals surface area contributed by atoms with Gasteiger partial charge in [-0.1, -0.05) is 30.3 Å². The van der Waals surface area contributed by atoms with Crippen LogP contribution >= 0.6 is 11.3 Å². The lowest BCUT2D eigenvalue weighted by Crippen LogP contribution is -2.25. The largest absolute Gasteiger partial charge is 0.374 e. The highest BCUT2D eigenvalue weighted by Crippen LogP contribution is 2.17. The standard InChI is InChI=1S/C20H25NO3S/c1-15-9-11-19(25-15)18(22)10-12-20(23)21-13-6-14-24-16(2)17-7-4-3-5-8-17/h3-5,7-9,11,16H,6,10,12-14H2,1-2H3,(H,21,23). The van der Waals surface area contributed by atoms with Crippen molar-refractivity contribution in [2.24, 2.45) is 0 Å². The molecule has 0 aliphatic heterocycles. The lowest BCUT2D eigenvalue weighted by atomic mass is 10.1. The molecule has 5 heteroatoms. The van der Waals surface area contributed by atoms with Crippen LogP contribution in [0.4, 0.5) is 0 Å². The number of hydrogen-bond donors (Lipinski definition) is 1. The van der Waals surface area contributed by atoms with E-state index in [0.29, 0.717) is 13.2 Å². The Kier molecular flexibility index (Phi) is 7.82. The summed E-state index contributed by atoms with van der Waals surface area (Å²) in [5, 5.41) is 2.84. The minimum absolute atomic E-state index is 0.0354. The van der Waals surface area contributed by atoms with Gasteiger partial charge in [0.1, 0.15) is 0 Å². The Balaban J connectivity index is 1.56. The maximum absolute atomic E-state index is 12.0. The van der Waals surface area contributed by atoms with Crippen molar-refractivity contribution < 1.29 is 14.3 Å². The summed E-state index contributed by atoms with van der Waals surface area (Å²) in [5.41, 5.74) is 1.15. The number of ketones is 1. The molecule has 1 heterocycles. The van der Waals surface area contributed by atoms with E-state index in [1.807, 2.05) is 56.3 Å². The highest BCUT2D eigenvalue weighted by atomic mass is 32.1. The van der Waals surface area contributed by atoms with E-state index in [4.69, 9.17) is 4.74 Å². The van der Waals surface area contributed by atoms with Crippen molar-refractivity contribution in [3.05, 3.63) is 57.8 Å². The number of thiophene rings is 1. The Labute approximate surface area is 153 Å². The third-order valence-corrected chi connectivity index (χ3v) is 4.92. The quantitative estimate of drug-likeness (QED) is 0.508. The van der Waals surface area contributed by atoms with Gasteiger partial charge in [0.05, 0.1) is 11.0 Å². The summed E-state index contributed by atoms with van der Waals surface area (Å²) in [4.78, 5) is 25.6. The Morgan fingerprint density at radius 3 is 2.56 bits per heavy atom. The first-order chi connectivity index (χ1) is 12.1. The van der Waals surface area contributed by atoms with Crippen molar-refractivity contribution in [3.63, 3.8) is 0 Å². The predicted molar refractivity (Wildman–Crippen MR) is 101 cm³/mol. The molecule has 2 rings (SSSR count). The van der Waals surface area contributed by atoms with Crippen LogP contribution in [0, 0.1) is 6.92 Å². The molecule has 0 saturated carbocycles. The zero-order chi connectivity index (χ0) is 18.1. The van der Waals surface area contributed by atoms with E-state index in [-0.39, 0.29) is 30.6 Å². The topological polar surface area (TPSA) is 55.4 Å². The second-order valence-electron chi connectivity index (χ2n) is 5.96. The minimum atomic E-state index is -0.0854. The number of amides is 1. The van der Waals surface area contributed by atoms with Crippen LogP contribution in [0.3, 0.4) is 0 Å². The van der Waals surface area contributed by atoms with Crippen LogP contribution in [0.2, 0.25) is 0 Å². The number of ether oxygens (including phenoxy) is 1. The van der Waals surface area contributed by atoms with Crippen LogP contribution in [-0.2, 0) is 9.53 Å². The fraction of sp³-hybridized carbons (Fsp3) is 0.400. The van der Waals surface area contributed by atoms with E-state index in [1.54, 1.807) is 0 Å². The SMILES string of the molecule is Cc1ccc(C(=O)CCC(=O)NCCCOC(C)c2ccccc2)s1. The molecule has 1 aromatic heterocycles. The van der Waals surface area contributed by atoms with Crippen LogP contribution in [0.5, 0.6) is 0 Å². The summed E-state index contributed by atoms with van der Waals surface area (Å²) in [7, 11) is 0. The molecule has 0 spiro atoms. The molecule has 0 saturated heterocycles. The zero-order valence-corrected chi connectivity index (χ0v) is 15.6. The lowest BCUT2D eigenvalue weighted by molar-refractivity contribution is -0.121. The van der Waals surface area contributed by atoms with Crippen molar-refractivity contribution in [2.45, 2.75) is 39.2 Å². The van der Waals surface area contributed by atoms with Crippen LogP contribution < -0.4 is 5.32 Å². The first-order valence-electron chi connectivity index (χ1n) is 8.59. The molecular weight excluding hydrogens is 334 g/mol. The molecule has 1 N–H and O–H groups in total. The van der Waals surface area contributed by atoms with Crippen molar-refractivity contribution in [1.82, 2.24) is 5.32 Å². The number of Topliss-reactive ketones (excluding diaryl/α,β-unsaturated/α-hetero) is 1. The van der Waals surface area contributed by atoms with Crippen LogP contribution in [0.1, 0.15) is 52.4 Å². The summed E-state index contributed by atoms with van der Waals surface area (Å²) < 4.78 is 5.76. The molecule has 25 heavy (non-hydrogen) atoms. The number of carbonyl (C=O) groups is 2. The smallest absolute Gasteiger partial charge is 0.220 e. The van der Waals surface area contributed by atoms with Crippen LogP contribution in [0.25, 0.3) is 0 Å². The van der Waals surface area contributed by atoms with E-state index < -0.39 is 0 Å². The Bertz CT molecular complexity index is 681. The predicted octanol–water partition coefficient (Wildman–Crippen LogP) is 4.30. The van der Waals surface area contributed by atoms with Gasteiger partial charge in [-0.15, -0.1) is 11.3 Å². The molecule has 0 aliphatic rings. The van der Waals surface area contributed by atoms with Gasteiger partial charge in [0.25, 0.3) is 0 Å². The second-order valence-corrected chi connectivity index (χ2v) is 7.25.